The number of nitrogens with zero attached hydrogens (tertiary/aromatic N) is 8. The highest BCUT2D eigenvalue weighted by Gasteiger charge is 2.45. The zero-order chi connectivity index (χ0) is 26.3. The number of anilines is 1. The van der Waals surface area contributed by atoms with E-state index in [0.717, 1.165) is 6.42 Å². The quantitative estimate of drug-likeness (QED) is 0.311. The molecule has 0 aromatic carbocycles. The van der Waals surface area contributed by atoms with Crippen molar-refractivity contribution in [2.75, 3.05) is 18.5 Å². The van der Waals surface area contributed by atoms with Crippen LogP contribution < -0.4 is 11.1 Å². The van der Waals surface area contributed by atoms with Gasteiger partial charge in [-0.2, -0.15) is 0 Å². The second-order valence-corrected chi connectivity index (χ2v) is 9.41. The van der Waals surface area contributed by atoms with E-state index in [9.17, 15) is 15.0 Å². The molecule has 3 aliphatic heterocycles. The van der Waals surface area contributed by atoms with Crippen LogP contribution in [0.3, 0.4) is 0 Å². The molecule has 6 atom stereocenters. The Morgan fingerprint density at radius 1 is 1.24 bits per heavy atom. The number of aromatic nitrogens is 5. The monoisotopic (exact) mass is 522 g/mol. The fourth-order valence-electron chi connectivity index (χ4n) is 4.90. The molecule has 15 heteroatoms. The molecule has 2 saturated heterocycles. The predicted molar refractivity (Wildman–Crippen MR) is 131 cm³/mol. The minimum absolute atomic E-state index is 0.00841. The summed E-state index contributed by atoms with van der Waals surface area (Å²) >= 11 is 0. The molecule has 2 fully saturated rings. The Bertz CT molecular complexity index is 1380. The number of carbonyl (C=O) groups is 1. The van der Waals surface area contributed by atoms with Crippen molar-refractivity contribution in [1.29, 1.82) is 0 Å². The zero-order valence-electron chi connectivity index (χ0n) is 20.2. The normalized spacial score (nSPS) is 30.4. The number of carbonyl (C=O) groups excluding carboxylic acids is 1. The summed E-state index contributed by atoms with van der Waals surface area (Å²) in [6, 6.07) is 3.57. The van der Waals surface area contributed by atoms with Gasteiger partial charge in [0, 0.05) is 25.4 Å². The second-order valence-electron chi connectivity index (χ2n) is 9.41. The summed E-state index contributed by atoms with van der Waals surface area (Å²) in [6.07, 6.45) is 2.90. The van der Waals surface area contributed by atoms with Crippen molar-refractivity contribution in [3.05, 3.63) is 42.2 Å². The SMILES string of the molecule is NC(=O)CC[C@@H]1O[C@@H](n2cnc3c(N[C@@H]4CCOC4)nc(C4(c5ccncc5)C=NN=N4)nc32)[C@@H](O)[C@@H]1O. The lowest BCUT2D eigenvalue weighted by atomic mass is 9.92. The van der Waals surface area contributed by atoms with Crippen LogP contribution in [0.15, 0.2) is 46.3 Å². The molecule has 6 heterocycles. The molecule has 15 nitrogen and oxygen atoms in total. The Labute approximate surface area is 215 Å². The standard InChI is InChI=1S/C23H26N10O5/c24-15(34)2-1-14-17(35)18(36)21(38-14)33-11-26-16-19(28-13-5-8-37-9-13)29-22(30-20(16)33)23(10-27-32-31-23)12-3-6-25-7-4-12/h3-4,6-7,10-11,13-14,17-18,21,35-36H,1-2,5,8-9H2,(H2,24,34)(H,28,29,30)/t13-,14+,17-,18+,21-,23?/m1/s1. The molecule has 0 saturated carbocycles. The van der Waals surface area contributed by atoms with Crippen molar-refractivity contribution < 1.29 is 24.5 Å². The van der Waals surface area contributed by atoms with E-state index in [1.54, 1.807) is 35.3 Å². The molecule has 0 radical (unpaired) electrons. The number of imidazole rings is 1. The molecule has 38 heavy (non-hydrogen) atoms. The lowest BCUT2D eigenvalue weighted by Gasteiger charge is -2.22. The molecule has 0 aliphatic carbocycles. The number of ether oxygens (including phenoxy) is 2. The van der Waals surface area contributed by atoms with Gasteiger partial charge in [-0.05, 0) is 35.8 Å². The van der Waals surface area contributed by atoms with Crippen LogP contribution in [0.25, 0.3) is 11.2 Å². The first-order valence-electron chi connectivity index (χ1n) is 12.2. The molecule has 198 valence electrons. The number of nitrogens with one attached hydrogen (secondary N) is 1. The summed E-state index contributed by atoms with van der Waals surface area (Å²) < 4.78 is 13.0. The molecule has 6 rings (SSSR count). The molecular formula is C23H26N10O5. The van der Waals surface area contributed by atoms with Gasteiger partial charge < -0.3 is 30.7 Å². The molecule has 3 aromatic heterocycles. The van der Waals surface area contributed by atoms with Crippen LogP contribution in [0.1, 0.15) is 36.9 Å². The van der Waals surface area contributed by atoms with Gasteiger partial charge in [0.25, 0.3) is 0 Å². The van der Waals surface area contributed by atoms with E-state index in [-0.39, 0.29) is 24.7 Å². The number of pyridine rings is 1. The van der Waals surface area contributed by atoms with Gasteiger partial charge in [0.05, 0.1) is 31.3 Å². The van der Waals surface area contributed by atoms with Crippen LogP contribution in [0, 0.1) is 0 Å². The van der Waals surface area contributed by atoms with Crippen molar-refractivity contribution >= 4 is 29.1 Å². The number of primary amides is 1. The van der Waals surface area contributed by atoms with Crippen molar-refractivity contribution in [3.8, 4) is 0 Å². The smallest absolute Gasteiger partial charge is 0.217 e. The van der Waals surface area contributed by atoms with Gasteiger partial charge in [-0.3, -0.25) is 14.3 Å². The number of hydrogen-bond donors (Lipinski definition) is 4. The summed E-state index contributed by atoms with van der Waals surface area (Å²) in [5.41, 5.74) is 5.52. The maximum Gasteiger partial charge on any atom is 0.217 e. The van der Waals surface area contributed by atoms with Crippen LogP contribution in [0.2, 0.25) is 0 Å². The lowest BCUT2D eigenvalue weighted by Crippen LogP contribution is -2.32. The number of rotatable bonds is 8. The van der Waals surface area contributed by atoms with E-state index in [1.807, 2.05) is 0 Å². The van der Waals surface area contributed by atoms with E-state index >= 15 is 0 Å². The highest BCUT2D eigenvalue weighted by molar-refractivity contribution is 5.85. The minimum atomic E-state index is -1.30. The van der Waals surface area contributed by atoms with Gasteiger partial charge in [0.1, 0.15) is 12.2 Å². The second kappa shape index (κ2) is 9.75. The fraction of sp³-hybridized carbons (Fsp3) is 0.478. The molecule has 3 aromatic rings. The summed E-state index contributed by atoms with van der Waals surface area (Å²) in [6.45, 7) is 1.14. The Hall–Kier alpha value is -3.92. The Morgan fingerprint density at radius 3 is 2.79 bits per heavy atom. The van der Waals surface area contributed by atoms with Crippen LogP contribution >= 0.6 is 0 Å². The average Bonchev–Trinajstić information content (AvgIpc) is 3.73. The molecule has 0 bridgehead atoms. The fourth-order valence-corrected chi connectivity index (χ4v) is 4.90. The Morgan fingerprint density at radius 2 is 2.08 bits per heavy atom. The van der Waals surface area contributed by atoms with Gasteiger partial charge >= 0.3 is 0 Å². The highest BCUT2D eigenvalue weighted by atomic mass is 16.6. The van der Waals surface area contributed by atoms with Gasteiger partial charge in [-0.15, -0.1) is 10.2 Å². The van der Waals surface area contributed by atoms with E-state index in [1.165, 1.54) is 6.33 Å². The zero-order valence-corrected chi connectivity index (χ0v) is 20.2. The van der Waals surface area contributed by atoms with E-state index < -0.39 is 36.0 Å². The summed E-state index contributed by atoms with van der Waals surface area (Å²) in [5, 5.41) is 37.1. The first kappa shape index (κ1) is 24.4. The Kier molecular flexibility index (Phi) is 6.27. The first-order valence-corrected chi connectivity index (χ1v) is 12.2. The average molecular weight is 523 g/mol. The third-order valence-corrected chi connectivity index (χ3v) is 6.94. The molecule has 3 aliphatic rings. The molecule has 1 unspecified atom stereocenters. The maximum absolute atomic E-state index is 11.3. The van der Waals surface area contributed by atoms with Gasteiger partial charge in [0.2, 0.25) is 11.4 Å². The summed E-state index contributed by atoms with van der Waals surface area (Å²) in [4.78, 5) is 29.5. The minimum Gasteiger partial charge on any atom is -0.388 e. The largest absolute Gasteiger partial charge is 0.388 e. The molecule has 1 amide bonds. The third-order valence-electron chi connectivity index (χ3n) is 6.94. The van der Waals surface area contributed by atoms with E-state index in [4.69, 9.17) is 25.2 Å². The van der Waals surface area contributed by atoms with E-state index in [0.29, 0.717) is 35.8 Å². The van der Waals surface area contributed by atoms with Gasteiger partial charge in [-0.1, -0.05) is 0 Å². The van der Waals surface area contributed by atoms with Gasteiger partial charge in [-0.25, -0.2) is 15.0 Å². The summed E-state index contributed by atoms with van der Waals surface area (Å²) in [5.74, 6) is 0.189. The van der Waals surface area contributed by atoms with Crippen LogP contribution in [0.4, 0.5) is 5.82 Å². The summed E-state index contributed by atoms with van der Waals surface area (Å²) in [7, 11) is 0. The third kappa shape index (κ3) is 4.18. The van der Waals surface area contributed by atoms with Gasteiger partial charge in [0.15, 0.2) is 29.0 Å². The van der Waals surface area contributed by atoms with Crippen molar-refractivity contribution in [3.63, 3.8) is 0 Å². The van der Waals surface area contributed by atoms with Crippen molar-refractivity contribution in [2.45, 2.75) is 55.4 Å². The van der Waals surface area contributed by atoms with Crippen LogP contribution in [-0.2, 0) is 19.8 Å². The Balaban J connectivity index is 1.46. The van der Waals surface area contributed by atoms with Crippen LogP contribution in [0.5, 0.6) is 0 Å². The number of hydrogen-bond acceptors (Lipinski definition) is 13. The van der Waals surface area contributed by atoms with Crippen molar-refractivity contribution in [1.82, 2.24) is 24.5 Å². The number of aliphatic hydroxyl groups is 2. The molecule has 5 N–H and O–H groups in total. The lowest BCUT2D eigenvalue weighted by molar-refractivity contribution is -0.119. The highest BCUT2D eigenvalue weighted by Crippen LogP contribution is 2.38. The topological polar surface area (TPSA) is 208 Å². The molecule has 0 spiro atoms. The first-order chi connectivity index (χ1) is 18.5. The predicted octanol–water partition coefficient (Wildman–Crippen LogP) is 0.00200. The maximum atomic E-state index is 11.3. The number of amides is 1. The van der Waals surface area contributed by atoms with Crippen molar-refractivity contribution in [2.24, 2.45) is 21.2 Å². The number of aliphatic hydroxyl groups excluding tert-OH is 2. The van der Waals surface area contributed by atoms with E-state index in [2.05, 4.69) is 30.7 Å². The number of fused-ring (bicyclic) bond motifs is 1. The number of nitrogens with two attached hydrogens (primary N) is 1. The van der Waals surface area contributed by atoms with Crippen LogP contribution in [-0.4, -0.2) is 84.4 Å². The molecular weight excluding hydrogens is 496 g/mol.